The van der Waals surface area contributed by atoms with Crippen molar-refractivity contribution in [2.75, 3.05) is 7.11 Å². The van der Waals surface area contributed by atoms with Crippen LogP contribution in [0, 0.1) is 6.92 Å². The van der Waals surface area contributed by atoms with Gasteiger partial charge in [0.2, 0.25) is 0 Å². The van der Waals surface area contributed by atoms with Crippen LogP contribution in [-0.4, -0.2) is 7.11 Å². The van der Waals surface area contributed by atoms with Crippen molar-refractivity contribution in [2.45, 2.75) is 38.6 Å². The molecular weight excluding hydrogens is 266 g/mol. The molecule has 3 heteroatoms. The van der Waals surface area contributed by atoms with Gasteiger partial charge < -0.3 is 10.5 Å². The van der Waals surface area contributed by atoms with Crippen molar-refractivity contribution < 1.29 is 4.74 Å². The summed E-state index contributed by atoms with van der Waals surface area (Å²) in [5.74, 6) is 0.994. The number of fused-ring (bicyclic) bond motifs is 1. The van der Waals surface area contributed by atoms with Crippen molar-refractivity contribution in [1.82, 2.24) is 0 Å². The van der Waals surface area contributed by atoms with E-state index in [0.717, 1.165) is 23.1 Å². The average molecular weight is 284 g/mol. The molecule has 1 atom stereocenters. The maximum absolute atomic E-state index is 6.25. The Kier molecular flexibility index (Phi) is 3.55. The van der Waals surface area contributed by atoms with Gasteiger partial charge in [0.25, 0.3) is 0 Å². The highest BCUT2D eigenvalue weighted by atomic mass is 79.9. The molecule has 1 aromatic carbocycles. The number of hydrogen-bond acceptors (Lipinski definition) is 2. The van der Waals surface area contributed by atoms with Crippen LogP contribution in [0.25, 0.3) is 0 Å². The first-order valence-corrected chi connectivity index (χ1v) is 6.56. The van der Waals surface area contributed by atoms with Crippen molar-refractivity contribution in [2.24, 2.45) is 5.73 Å². The smallest absolute Gasteiger partial charge is 0.122 e. The molecule has 1 unspecified atom stereocenters. The van der Waals surface area contributed by atoms with Gasteiger partial charge >= 0.3 is 0 Å². The third-order valence-electron chi connectivity index (χ3n) is 3.34. The van der Waals surface area contributed by atoms with Gasteiger partial charge in [-0.3, -0.25) is 0 Å². The van der Waals surface area contributed by atoms with Gasteiger partial charge in [-0.15, -0.1) is 0 Å². The quantitative estimate of drug-likeness (QED) is 0.801. The molecule has 0 heterocycles. The molecule has 1 aromatic rings. The number of rotatable bonds is 1. The third kappa shape index (κ3) is 1.98. The van der Waals surface area contributed by atoms with Crippen LogP contribution < -0.4 is 10.5 Å². The lowest BCUT2D eigenvalue weighted by atomic mass is 9.96. The van der Waals surface area contributed by atoms with E-state index >= 15 is 0 Å². The predicted molar refractivity (Wildman–Crippen MR) is 69.9 cm³/mol. The van der Waals surface area contributed by atoms with Gasteiger partial charge in [-0.25, -0.2) is 0 Å². The molecule has 0 aliphatic heterocycles. The van der Waals surface area contributed by atoms with E-state index in [9.17, 15) is 0 Å². The number of ether oxygens (including phenoxy) is 1. The fourth-order valence-corrected chi connectivity index (χ4v) is 3.11. The molecule has 0 saturated heterocycles. The largest absolute Gasteiger partial charge is 0.496 e. The van der Waals surface area contributed by atoms with Gasteiger partial charge in [0.1, 0.15) is 5.75 Å². The highest BCUT2D eigenvalue weighted by molar-refractivity contribution is 9.10. The molecule has 2 rings (SSSR count). The monoisotopic (exact) mass is 283 g/mol. The molecule has 0 radical (unpaired) electrons. The number of methoxy groups -OCH3 is 1. The summed E-state index contributed by atoms with van der Waals surface area (Å²) in [5, 5.41) is 0. The zero-order chi connectivity index (χ0) is 11.7. The summed E-state index contributed by atoms with van der Waals surface area (Å²) < 4.78 is 6.64. The van der Waals surface area contributed by atoms with E-state index in [1.165, 1.54) is 29.5 Å². The summed E-state index contributed by atoms with van der Waals surface area (Å²) in [5.41, 5.74) is 10.0. The molecule has 2 N–H and O–H groups in total. The Hall–Kier alpha value is -0.540. The molecule has 88 valence electrons. The summed E-state index contributed by atoms with van der Waals surface area (Å²) in [6, 6.07) is 2.24. The summed E-state index contributed by atoms with van der Waals surface area (Å²) in [6.07, 6.45) is 4.54. The SMILES string of the molecule is COc1cc(C)c(Br)c2c1CCCCC2N. The summed E-state index contributed by atoms with van der Waals surface area (Å²) in [6.45, 7) is 2.09. The second-order valence-corrected chi connectivity index (χ2v) is 5.25. The van der Waals surface area contributed by atoms with Gasteiger partial charge in [-0.05, 0) is 43.4 Å². The summed E-state index contributed by atoms with van der Waals surface area (Å²) in [7, 11) is 1.74. The molecule has 0 saturated carbocycles. The Morgan fingerprint density at radius 3 is 2.88 bits per heavy atom. The molecule has 0 amide bonds. The van der Waals surface area contributed by atoms with Crippen LogP contribution in [-0.2, 0) is 6.42 Å². The minimum absolute atomic E-state index is 0.140. The van der Waals surface area contributed by atoms with E-state index < -0.39 is 0 Å². The number of benzene rings is 1. The van der Waals surface area contributed by atoms with Crippen LogP contribution in [0.15, 0.2) is 10.5 Å². The maximum Gasteiger partial charge on any atom is 0.122 e. The van der Waals surface area contributed by atoms with Gasteiger partial charge in [-0.2, -0.15) is 0 Å². The van der Waals surface area contributed by atoms with Gasteiger partial charge in [-0.1, -0.05) is 22.4 Å². The predicted octanol–water partition coefficient (Wildman–Crippen LogP) is 3.49. The molecular formula is C13H18BrNO. The fourth-order valence-electron chi connectivity index (χ4n) is 2.46. The standard InChI is InChI=1S/C13H18BrNO/c1-8-7-11(16-2)9-5-3-4-6-10(15)12(9)13(8)14/h7,10H,3-6,15H2,1-2H3. The molecule has 2 nitrogen and oxygen atoms in total. The Morgan fingerprint density at radius 2 is 2.19 bits per heavy atom. The first-order valence-electron chi connectivity index (χ1n) is 5.76. The van der Waals surface area contributed by atoms with E-state index in [-0.39, 0.29) is 6.04 Å². The van der Waals surface area contributed by atoms with E-state index in [0.29, 0.717) is 0 Å². The van der Waals surface area contributed by atoms with E-state index in [1.54, 1.807) is 7.11 Å². The van der Waals surface area contributed by atoms with E-state index in [1.807, 2.05) is 0 Å². The molecule has 16 heavy (non-hydrogen) atoms. The van der Waals surface area contributed by atoms with Crippen LogP contribution in [0.2, 0.25) is 0 Å². The van der Waals surface area contributed by atoms with Crippen molar-refractivity contribution in [3.63, 3.8) is 0 Å². The molecule has 0 bridgehead atoms. The molecule has 0 fully saturated rings. The topological polar surface area (TPSA) is 35.2 Å². The first-order chi connectivity index (χ1) is 7.65. The average Bonchev–Trinajstić information content (AvgIpc) is 2.46. The van der Waals surface area contributed by atoms with Gasteiger partial charge in [0.05, 0.1) is 7.11 Å². The van der Waals surface area contributed by atoms with Crippen LogP contribution in [0.4, 0.5) is 0 Å². The normalized spacial score (nSPS) is 20.1. The lowest BCUT2D eigenvalue weighted by Crippen LogP contribution is -2.12. The van der Waals surface area contributed by atoms with Crippen LogP contribution in [0.3, 0.4) is 0 Å². The Morgan fingerprint density at radius 1 is 1.44 bits per heavy atom. The van der Waals surface area contributed by atoms with E-state index in [2.05, 4.69) is 28.9 Å². The second-order valence-electron chi connectivity index (χ2n) is 4.45. The minimum atomic E-state index is 0.140. The lowest BCUT2D eigenvalue weighted by Gasteiger charge is -2.19. The lowest BCUT2D eigenvalue weighted by molar-refractivity contribution is 0.408. The van der Waals surface area contributed by atoms with Crippen LogP contribution >= 0.6 is 15.9 Å². The molecule has 1 aliphatic carbocycles. The number of hydrogen-bond donors (Lipinski definition) is 1. The van der Waals surface area contributed by atoms with E-state index in [4.69, 9.17) is 10.5 Å². The Bertz CT molecular complexity index is 403. The Labute approximate surface area is 105 Å². The zero-order valence-electron chi connectivity index (χ0n) is 9.85. The maximum atomic E-state index is 6.25. The molecule has 1 aliphatic rings. The van der Waals surface area contributed by atoms with Crippen molar-refractivity contribution >= 4 is 15.9 Å². The second kappa shape index (κ2) is 4.76. The minimum Gasteiger partial charge on any atom is -0.496 e. The zero-order valence-corrected chi connectivity index (χ0v) is 11.4. The van der Waals surface area contributed by atoms with Crippen molar-refractivity contribution in [1.29, 1.82) is 0 Å². The van der Waals surface area contributed by atoms with Crippen molar-refractivity contribution in [3.05, 3.63) is 27.2 Å². The van der Waals surface area contributed by atoms with Gasteiger partial charge in [0.15, 0.2) is 0 Å². The number of nitrogens with two attached hydrogens (primary N) is 1. The van der Waals surface area contributed by atoms with Crippen LogP contribution in [0.5, 0.6) is 5.75 Å². The summed E-state index contributed by atoms with van der Waals surface area (Å²) >= 11 is 3.67. The fraction of sp³-hybridized carbons (Fsp3) is 0.538. The third-order valence-corrected chi connectivity index (χ3v) is 4.39. The number of halogens is 1. The molecule has 0 aromatic heterocycles. The van der Waals surface area contributed by atoms with Crippen molar-refractivity contribution in [3.8, 4) is 5.75 Å². The Balaban J connectivity index is 2.63. The van der Waals surface area contributed by atoms with Crippen LogP contribution in [0.1, 0.15) is 42.0 Å². The summed E-state index contributed by atoms with van der Waals surface area (Å²) in [4.78, 5) is 0. The van der Waals surface area contributed by atoms with Gasteiger partial charge in [0, 0.05) is 16.1 Å². The highest BCUT2D eigenvalue weighted by Gasteiger charge is 2.22. The highest BCUT2D eigenvalue weighted by Crippen LogP contribution is 2.39. The number of aryl methyl sites for hydroxylation is 1. The molecule has 0 spiro atoms. The first kappa shape index (κ1) is 11.9.